The number of phenols is 1. The molecule has 0 bridgehead atoms. The number of nitrogens with one attached hydrogen (secondary N) is 1. The second kappa shape index (κ2) is 9.06. The quantitative estimate of drug-likeness (QED) is 0.600. The molecule has 0 spiro atoms. The topological polar surface area (TPSA) is 82.0 Å². The SMILES string of the molecule is CCN(CC(=O)O)C1CC(NC(C)CCc2ccc(OC)c(O)c2)C1. The van der Waals surface area contributed by atoms with E-state index < -0.39 is 5.97 Å². The number of phenolic OH excluding ortho intramolecular Hbond substituents is 1. The molecule has 140 valence electrons. The van der Waals surface area contributed by atoms with Crippen molar-refractivity contribution in [2.24, 2.45) is 0 Å². The molecule has 0 aliphatic heterocycles. The van der Waals surface area contributed by atoms with Gasteiger partial charge in [0.1, 0.15) is 0 Å². The standard InChI is InChI=1S/C19H30N2O4/c1-4-21(12-19(23)24)16-10-15(11-16)20-13(2)5-6-14-7-8-18(25-3)17(22)9-14/h7-9,13,15-16,20,22H,4-6,10-12H2,1-3H3,(H,23,24). The molecular formula is C19H30N2O4. The number of methoxy groups -OCH3 is 1. The molecule has 1 aromatic carbocycles. The Hall–Kier alpha value is -1.79. The Kier molecular flexibility index (Phi) is 7.08. The maximum Gasteiger partial charge on any atom is 0.317 e. The van der Waals surface area contributed by atoms with Gasteiger partial charge in [-0.3, -0.25) is 9.69 Å². The van der Waals surface area contributed by atoms with Crippen molar-refractivity contribution in [1.29, 1.82) is 0 Å². The van der Waals surface area contributed by atoms with Gasteiger partial charge in [-0.2, -0.15) is 0 Å². The van der Waals surface area contributed by atoms with Crippen LogP contribution >= 0.6 is 0 Å². The first kappa shape index (κ1) is 19.5. The Balaban J connectivity index is 1.70. The largest absolute Gasteiger partial charge is 0.504 e. The smallest absolute Gasteiger partial charge is 0.317 e. The fourth-order valence-corrected chi connectivity index (χ4v) is 3.45. The van der Waals surface area contributed by atoms with Crippen molar-refractivity contribution in [3.8, 4) is 11.5 Å². The summed E-state index contributed by atoms with van der Waals surface area (Å²) in [6.07, 6.45) is 3.89. The van der Waals surface area contributed by atoms with Crippen molar-refractivity contribution in [2.75, 3.05) is 20.2 Å². The fraction of sp³-hybridized carbons (Fsp3) is 0.632. The maximum absolute atomic E-state index is 10.9. The van der Waals surface area contributed by atoms with Crippen LogP contribution in [0.25, 0.3) is 0 Å². The molecule has 6 heteroatoms. The van der Waals surface area contributed by atoms with Gasteiger partial charge in [0.15, 0.2) is 11.5 Å². The Morgan fingerprint density at radius 2 is 2.16 bits per heavy atom. The Morgan fingerprint density at radius 1 is 1.44 bits per heavy atom. The summed E-state index contributed by atoms with van der Waals surface area (Å²) in [6, 6.07) is 6.76. The third-order valence-corrected chi connectivity index (χ3v) is 5.00. The molecule has 1 aromatic rings. The Bertz CT molecular complexity index is 573. The van der Waals surface area contributed by atoms with E-state index in [1.165, 1.54) is 0 Å². The minimum atomic E-state index is -0.755. The first-order valence-corrected chi connectivity index (χ1v) is 9.00. The van der Waals surface area contributed by atoms with E-state index in [2.05, 4.69) is 12.2 Å². The molecule has 25 heavy (non-hydrogen) atoms. The van der Waals surface area contributed by atoms with Crippen LogP contribution < -0.4 is 10.1 Å². The van der Waals surface area contributed by atoms with Crippen molar-refractivity contribution in [3.63, 3.8) is 0 Å². The molecule has 1 saturated carbocycles. The summed E-state index contributed by atoms with van der Waals surface area (Å²) >= 11 is 0. The van der Waals surface area contributed by atoms with Gasteiger partial charge in [0.25, 0.3) is 0 Å². The molecule has 1 atom stereocenters. The van der Waals surface area contributed by atoms with Crippen molar-refractivity contribution >= 4 is 5.97 Å². The minimum Gasteiger partial charge on any atom is -0.504 e. The summed E-state index contributed by atoms with van der Waals surface area (Å²) in [4.78, 5) is 12.9. The predicted molar refractivity (Wildman–Crippen MR) is 97.3 cm³/mol. The van der Waals surface area contributed by atoms with Crippen LogP contribution in [0.2, 0.25) is 0 Å². The Morgan fingerprint density at radius 3 is 2.72 bits per heavy atom. The van der Waals surface area contributed by atoms with Gasteiger partial charge in [-0.15, -0.1) is 0 Å². The second-order valence-corrected chi connectivity index (χ2v) is 6.89. The summed E-state index contributed by atoms with van der Waals surface area (Å²) in [5, 5.41) is 22.4. The number of aryl methyl sites for hydroxylation is 1. The number of benzene rings is 1. The molecule has 1 fully saturated rings. The fourth-order valence-electron chi connectivity index (χ4n) is 3.45. The van der Waals surface area contributed by atoms with Crippen LogP contribution in [0, 0.1) is 0 Å². The van der Waals surface area contributed by atoms with E-state index in [9.17, 15) is 9.90 Å². The van der Waals surface area contributed by atoms with Gasteiger partial charge < -0.3 is 20.3 Å². The van der Waals surface area contributed by atoms with Crippen LogP contribution in [-0.4, -0.2) is 59.4 Å². The third-order valence-electron chi connectivity index (χ3n) is 5.00. The van der Waals surface area contributed by atoms with Crippen LogP contribution in [0.15, 0.2) is 18.2 Å². The van der Waals surface area contributed by atoms with E-state index in [-0.39, 0.29) is 12.3 Å². The summed E-state index contributed by atoms with van der Waals surface area (Å²) < 4.78 is 5.06. The average Bonchev–Trinajstić information content (AvgIpc) is 2.54. The highest BCUT2D eigenvalue weighted by Gasteiger charge is 2.34. The monoisotopic (exact) mass is 350 g/mol. The molecule has 0 amide bonds. The molecule has 1 aliphatic carbocycles. The molecule has 2 rings (SSSR count). The van der Waals surface area contributed by atoms with Gasteiger partial charge in [-0.1, -0.05) is 13.0 Å². The lowest BCUT2D eigenvalue weighted by atomic mass is 9.84. The van der Waals surface area contributed by atoms with Crippen LogP contribution in [0.5, 0.6) is 11.5 Å². The zero-order valence-electron chi connectivity index (χ0n) is 15.4. The van der Waals surface area contributed by atoms with E-state index >= 15 is 0 Å². The number of likely N-dealkylation sites (N-methyl/N-ethyl adjacent to an activating group) is 1. The second-order valence-electron chi connectivity index (χ2n) is 6.89. The van der Waals surface area contributed by atoms with Crippen LogP contribution in [0.1, 0.15) is 38.7 Å². The number of aliphatic carboxylic acids is 1. The van der Waals surface area contributed by atoms with Gasteiger partial charge in [0.05, 0.1) is 13.7 Å². The molecule has 0 radical (unpaired) electrons. The van der Waals surface area contributed by atoms with Gasteiger partial charge in [-0.05, 0) is 56.8 Å². The first-order chi connectivity index (χ1) is 11.9. The lowest BCUT2D eigenvalue weighted by Crippen LogP contribution is -2.55. The number of ether oxygens (including phenoxy) is 1. The number of rotatable bonds is 10. The van der Waals surface area contributed by atoms with E-state index in [4.69, 9.17) is 9.84 Å². The molecule has 6 nitrogen and oxygen atoms in total. The molecule has 0 saturated heterocycles. The molecule has 1 aliphatic rings. The van der Waals surface area contributed by atoms with Crippen LogP contribution in [0.4, 0.5) is 0 Å². The van der Waals surface area contributed by atoms with Crippen LogP contribution in [0.3, 0.4) is 0 Å². The zero-order chi connectivity index (χ0) is 18.4. The number of carbonyl (C=O) groups is 1. The lowest BCUT2D eigenvalue weighted by molar-refractivity contribution is -0.139. The molecule has 3 N–H and O–H groups in total. The number of hydrogen-bond acceptors (Lipinski definition) is 5. The van der Waals surface area contributed by atoms with Gasteiger partial charge in [-0.25, -0.2) is 0 Å². The highest BCUT2D eigenvalue weighted by atomic mass is 16.5. The average molecular weight is 350 g/mol. The van der Waals surface area contributed by atoms with E-state index in [1.807, 2.05) is 17.9 Å². The van der Waals surface area contributed by atoms with E-state index in [0.717, 1.165) is 37.8 Å². The number of carboxylic acid groups (broad SMARTS) is 1. The Labute approximate surface area is 149 Å². The predicted octanol–water partition coefficient (Wildman–Crippen LogP) is 2.25. The number of nitrogens with zero attached hydrogens (tertiary/aromatic N) is 1. The van der Waals surface area contributed by atoms with Crippen molar-refractivity contribution in [3.05, 3.63) is 23.8 Å². The summed E-state index contributed by atoms with van der Waals surface area (Å²) in [6.45, 7) is 5.09. The zero-order valence-corrected chi connectivity index (χ0v) is 15.4. The van der Waals surface area contributed by atoms with E-state index in [1.54, 1.807) is 19.2 Å². The van der Waals surface area contributed by atoms with Gasteiger partial charge in [0, 0.05) is 18.1 Å². The summed E-state index contributed by atoms with van der Waals surface area (Å²) in [7, 11) is 1.54. The number of aromatic hydroxyl groups is 1. The van der Waals surface area contributed by atoms with Crippen LogP contribution in [-0.2, 0) is 11.2 Å². The lowest BCUT2D eigenvalue weighted by Gasteiger charge is -2.43. The normalized spacial score (nSPS) is 21.0. The molecule has 1 unspecified atom stereocenters. The first-order valence-electron chi connectivity index (χ1n) is 9.00. The van der Waals surface area contributed by atoms with E-state index in [0.29, 0.717) is 23.9 Å². The van der Waals surface area contributed by atoms with Crippen molar-refractivity contribution < 1.29 is 19.7 Å². The highest BCUT2D eigenvalue weighted by molar-refractivity contribution is 5.69. The summed E-state index contributed by atoms with van der Waals surface area (Å²) in [5.41, 5.74) is 1.09. The maximum atomic E-state index is 10.9. The number of carboxylic acids is 1. The number of hydrogen-bond donors (Lipinski definition) is 3. The highest BCUT2D eigenvalue weighted by Crippen LogP contribution is 2.28. The molecule has 0 heterocycles. The summed E-state index contributed by atoms with van der Waals surface area (Å²) in [5.74, 6) is -0.0767. The van der Waals surface area contributed by atoms with Crippen molar-refractivity contribution in [1.82, 2.24) is 10.2 Å². The molecule has 0 aromatic heterocycles. The van der Waals surface area contributed by atoms with Gasteiger partial charge >= 0.3 is 5.97 Å². The third kappa shape index (κ3) is 5.61. The molecular weight excluding hydrogens is 320 g/mol. The van der Waals surface area contributed by atoms with Gasteiger partial charge in [0.2, 0.25) is 0 Å². The van der Waals surface area contributed by atoms with Crippen molar-refractivity contribution in [2.45, 2.75) is 57.7 Å². The minimum absolute atomic E-state index is 0.129.